The van der Waals surface area contributed by atoms with E-state index in [9.17, 15) is 19.5 Å². The van der Waals surface area contributed by atoms with Crippen molar-refractivity contribution in [2.75, 3.05) is 0 Å². The van der Waals surface area contributed by atoms with Crippen LogP contribution in [0.5, 0.6) is 0 Å². The first-order chi connectivity index (χ1) is 7.48. The molecule has 18 heavy (non-hydrogen) atoms. The van der Waals surface area contributed by atoms with E-state index in [1.54, 1.807) is 28.8 Å². The maximum absolute atomic E-state index is 10.6. The molecule has 2 aromatic rings. The SMILES string of the molecule is O=P([O-])([O-])C(O)Cc1cnc2ccccn12.[Na+].[Na+]. The van der Waals surface area contributed by atoms with E-state index < -0.39 is 13.4 Å². The summed E-state index contributed by atoms with van der Waals surface area (Å²) < 4.78 is 12.2. The van der Waals surface area contributed by atoms with Gasteiger partial charge in [0.1, 0.15) is 5.65 Å². The van der Waals surface area contributed by atoms with E-state index in [-0.39, 0.29) is 65.5 Å². The number of nitrogens with zero attached hydrogens (tertiary/aromatic N) is 2. The van der Waals surface area contributed by atoms with E-state index in [1.165, 1.54) is 6.20 Å². The predicted molar refractivity (Wildman–Crippen MR) is 52.5 cm³/mol. The summed E-state index contributed by atoms with van der Waals surface area (Å²) in [7, 11) is -4.96. The Morgan fingerprint density at radius 3 is 2.67 bits per heavy atom. The van der Waals surface area contributed by atoms with Crippen LogP contribution in [-0.2, 0) is 11.0 Å². The summed E-state index contributed by atoms with van der Waals surface area (Å²) >= 11 is 0. The van der Waals surface area contributed by atoms with E-state index in [0.717, 1.165) is 0 Å². The Morgan fingerprint density at radius 2 is 2.06 bits per heavy atom. The molecule has 2 aromatic heterocycles. The largest absolute Gasteiger partial charge is 1.00 e. The summed E-state index contributed by atoms with van der Waals surface area (Å²) in [5, 5.41) is 9.19. The molecule has 0 aromatic carbocycles. The molecule has 86 valence electrons. The molecule has 0 saturated heterocycles. The number of aromatic nitrogens is 2. The second kappa shape index (κ2) is 7.55. The van der Waals surface area contributed by atoms with Gasteiger partial charge in [0.2, 0.25) is 0 Å². The molecule has 0 aliphatic carbocycles. The Bertz CT molecular complexity index is 556. The minimum absolute atomic E-state index is 0. The molecule has 6 nitrogen and oxygen atoms in total. The molecule has 0 spiro atoms. The molecule has 0 radical (unpaired) electrons. The summed E-state index contributed by atoms with van der Waals surface area (Å²) in [6.07, 6.45) is 2.87. The van der Waals surface area contributed by atoms with Crippen molar-refractivity contribution < 1.29 is 78.6 Å². The molecule has 1 N–H and O–H groups in total. The second-order valence-corrected chi connectivity index (χ2v) is 5.08. The van der Waals surface area contributed by atoms with Crippen molar-refractivity contribution in [2.45, 2.75) is 12.3 Å². The van der Waals surface area contributed by atoms with Crippen LogP contribution in [0.3, 0.4) is 0 Å². The Kier molecular flexibility index (Phi) is 7.88. The molecule has 0 amide bonds. The van der Waals surface area contributed by atoms with Crippen molar-refractivity contribution in [3.63, 3.8) is 0 Å². The zero-order valence-electron chi connectivity index (χ0n) is 10.2. The van der Waals surface area contributed by atoms with Gasteiger partial charge in [0.25, 0.3) is 0 Å². The summed E-state index contributed by atoms with van der Waals surface area (Å²) in [6.45, 7) is 0. The minimum Gasteiger partial charge on any atom is -0.809 e. The van der Waals surface area contributed by atoms with Crippen LogP contribution in [0.15, 0.2) is 30.6 Å². The van der Waals surface area contributed by atoms with Gasteiger partial charge in [-0.05, 0) is 19.7 Å². The van der Waals surface area contributed by atoms with Gasteiger partial charge in [0.15, 0.2) is 0 Å². The van der Waals surface area contributed by atoms with E-state index in [4.69, 9.17) is 0 Å². The van der Waals surface area contributed by atoms with Gasteiger partial charge in [0, 0.05) is 24.5 Å². The fraction of sp³-hybridized carbons (Fsp3) is 0.222. The van der Waals surface area contributed by atoms with Gasteiger partial charge >= 0.3 is 59.1 Å². The number of aliphatic hydroxyl groups excluding tert-OH is 1. The summed E-state index contributed by atoms with van der Waals surface area (Å²) in [5.74, 6) is -1.91. The molecule has 1 atom stereocenters. The van der Waals surface area contributed by atoms with E-state index in [0.29, 0.717) is 11.3 Å². The average molecular weight is 286 g/mol. The summed E-state index contributed by atoms with van der Waals surface area (Å²) in [5.41, 5.74) is 1.12. The van der Waals surface area contributed by atoms with Crippen molar-refractivity contribution in [3.8, 4) is 0 Å². The van der Waals surface area contributed by atoms with Crippen LogP contribution in [0.2, 0.25) is 0 Å². The smallest absolute Gasteiger partial charge is 0.809 e. The molecule has 0 aliphatic heterocycles. The maximum atomic E-state index is 10.6. The number of imidazole rings is 1. The van der Waals surface area contributed by atoms with Crippen LogP contribution in [0, 0.1) is 0 Å². The van der Waals surface area contributed by atoms with E-state index in [1.807, 2.05) is 0 Å². The van der Waals surface area contributed by atoms with Crippen molar-refractivity contribution in [2.24, 2.45) is 0 Å². The van der Waals surface area contributed by atoms with E-state index in [2.05, 4.69) is 4.98 Å². The second-order valence-electron chi connectivity index (χ2n) is 3.40. The first-order valence-electron chi connectivity index (χ1n) is 4.59. The first-order valence-corrected chi connectivity index (χ1v) is 6.20. The Labute approximate surface area is 148 Å². The topological polar surface area (TPSA) is 101 Å². The summed E-state index contributed by atoms with van der Waals surface area (Å²) in [6, 6.07) is 5.27. The molecule has 0 bridgehead atoms. The molecule has 1 unspecified atom stereocenters. The van der Waals surface area contributed by atoms with Crippen LogP contribution in [0.1, 0.15) is 5.69 Å². The number of hydrogen-bond donors (Lipinski definition) is 1. The zero-order chi connectivity index (χ0) is 11.8. The fourth-order valence-corrected chi connectivity index (χ4v) is 1.85. The van der Waals surface area contributed by atoms with Crippen molar-refractivity contribution in [1.29, 1.82) is 0 Å². The molecule has 0 fully saturated rings. The van der Waals surface area contributed by atoms with Crippen LogP contribution >= 0.6 is 7.60 Å². The maximum Gasteiger partial charge on any atom is 1.00 e. The van der Waals surface area contributed by atoms with Gasteiger partial charge in [-0.1, -0.05) is 6.07 Å². The van der Waals surface area contributed by atoms with Crippen LogP contribution in [-0.4, -0.2) is 20.3 Å². The molecular formula is C9H9N2Na2O4P. The molecule has 0 aliphatic rings. The van der Waals surface area contributed by atoms with Gasteiger partial charge < -0.3 is 23.9 Å². The van der Waals surface area contributed by atoms with Gasteiger partial charge in [-0.25, -0.2) is 4.98 Å². The van der Waals surface area contributed by atoms with Crippen molar-refractivity contribution >= 4 is 13.2 Å². The third-order valence-electron chi connectivity index (χ3n) is 2.25. The van der Waals surface area contributed by atoms with Gasteiger partial charge in [-0.15, -0.1) is 0 Å². The number of pyridine rings is 1. The number of fused-ring (bicyclic) bond motifs is 1. The van der Waals surface area contributed by atoms with Gasteiger partial charge in [-0.3, -0.25) is 0 Å². The third-order valence-corrected chi connectivity index (χ3v) is 3.16. The first kappa shape index (κ1) is 18.8. The average Bonchev–Trinajstić information content (AvgIpc) is 2.61. The standard InChI is InChI=1S/C9H11N2O4P.2Na/c12-9(16(13,14)15)5-7-6-10-8-3-1-2-4-11(7)8;;/h1-4,6,9,12H,5H2,(H2,13,14,15);;/q;2*+1/p-2. The van der Waals surface area contributed by atoms with Crippen LogP contribution in [0.4, 0.5) is 0 Å². The Hall–Kier alpha value is 0.800. The minimum atomic E-state index is -4.96. The third kappa shape index (κ3) is 4.42. The van der Waals surface area contributed by atoms with Crippen LogP contribution in [0.25, 0.3) is 5.65 Å². The van der Waals surface area contributed by atoms with Crippen LogP contribution < -0.4 is 68.9 Å². The summed E-state index contributed by atoms with van der Waals surface area (Å²) in [4.78, 5) is 25.2. The Morgan fingerprint density at radius 1 is 1.39 bits per heavy atom. The molecule has 2 rings (SSSR count). The van der Waals surface area contributed by atoms with Gasteiger partial charge in [-0.2, -0.15) is 0 Å². The zero-order valence-corrected chi connectivity index (χ0v) is 15.1. The monoisotopic (exact) mass is 286 g/mol. The molecular weight excluding hydrogens is 277 g/mol. The number of aliphatic hydroxyl groups is 1. The quantitative estimate of drug-likeness (QED) is 0.446. The van der Waals surface area contributed by atoms with Crippen molar-refractivity contribution in [3.05, 3.63) is 36.3 Å². The molecule has 2 heterocycles. The predicted octanol–water partition coefficient (Wildman–Crippen LogP) is -6.88. The molecule has 9 heteroatoms. The van der Waals surface area contributed by atoms with Crippen molar-refractivity contribution in [1.82, 2.24) is 9.38 Å². The van der Waals surface area contributed by atoms with Gasteiger partial charge in [0.05, 0.1) is 5.85 Å². The number of hydrogen-bond acceptors (Lipinski definition) is 5. The Balaban J connectivity index is 0.00000144. The molecule has 0 saturated carbocycles. The normalized spacial score (nSPS) is 12.6. The fourth-order valence-electron chi connectivity index (χ4n) is 1.43. The van der Waals surface area contributed by atoms with E-state index >= 15 is 0 Å². The number of rotatable bonds is 3.